The second-order valence-corrected chi connectivity index (χ2v) is 9.15. The van der Waals surface area contributed by atoms with Crippen LogP contribution in [0.2, 0.25) is 0 Å². The molecule has 17 heavy (non-hydrogen) atoms. The molecular weight excluding hydrogens is 275 g/mol. The van der Waals surface area contributed by atoms with Gasteiger partial charge in [-0.25, -0.2) is 4.79 Å². The lowest BCUT2D eigenvalue weighted by molar-refractivity contribution is -0.137. The van der Waals surface area contributed by atoms with Crippen LogP contribution in [-0.4, -0.2) is 26.8 Å². The van der Waals surface area contributed by atoms with E-state index < -0.39 is 3.96 Å². The lowest BCUT2D eigenvalue weighted by Crippen LogP contribution is -2.11. The standard InChI is InChI=1S/C12H22Cl2O2Si/c1-2-11(15)16-10-8-6-4-3-5-7-9-12(13,14)17/h2H,1,3-10H2,17H3. The van der Waals surface area contributed by atoms with Crippen LogP contribution in [0, 0.1) is 0 Å². The second kappa shape index (κ2) is 9.98. The van der Waals surface area contributed by atoms with E-state index in [0.29, 0.717) is 6.61 Å². The number of carbonyl (C=O) groups excluding carboxylic acids is 1. The van der Waals surface area contributed by atoms with Crippen molar-refractivity contribution >= 4 is 39.4 Å². The van der Waals surface area contributed by atoms with Gasteiger partial charge in [0.15, 0.2) is 0 Å². The SMILES string of the molecule is C=CC(=O)OCCCCCCCCC([SiH3])(Cl)Cl. The van der Waals surface area contributed by atoms with Crippen LogP contribution in [0.5, 0.6) is 0 Å². The fourth-order valence-corrected chi connectivity index (χ4v) is 2.10. The largest absolute Gasteiger partial charge is 0.463 e. The molecule has 100 valence electrons. The summed E-state index contributed by atoms with van der Waals surface area (Å²) >= 11 is 11.9. The van der Waals surface area contributed by atoms with Gasteiger partial charge in [0.2, 0.25) is 0 Å². The van der Waals surface area contributed by atoms with Gasteiger partial charge >= 0.3 is 5.97 Å². The molecule has 0 aromatic rings. The molecule has 0 aromatic carbocycles. The van der Waals surface area contributed by atoms with Crippen molar-refractivity contribution < 1.29 is 9.53 Å². The molecule has 0 heterocycles. The van der Waals surface area contributed by atoms with E-state index in [1.54, 1.807) is 0 Å². The van der Waals surface area contributed by atoms with Crippen molar-refractivity contribution in [2.45, 2.75) is 48.9 Å². The zero-order valence-electron chi connectivity index (χ0n) is 10.5. The monoisotopic (exact) mass is 296 g/mol. The second-order valence-electron chi connectivity index (χ2n) is 4.31. The van der Waals surface area contributed by atoms with Crippen LogP contribution in [0.4, 0.5) is 0 Å². The summed E-state index contributed by atoms with van der Waals surface area (Å²) in [7, 11) is 0.821. The predicted molar refractivity (Wildman–Crippen MR) is 77.9 cm³/mol. The van der Waals surface area contributed by atoms with Crippen LogP contribution in [0.3, 0.4) is 0 Å². The Morgan fingerprint density at radius 1 is 1.18 bits per heavy atom. The maximum Gasteiger partial charge on any atom is 0.330 e. The first-order valence-corrected chi connectivity index (χ1v) is 7.88. The van der Waals surface area contributed by atoms with E-state index in [9.17, 15) is 4.79 Å². The number of carbonyl (C=O) groups is 1. The fraction of sp³-hybridized carbons (Fsp3) is 0.750. The third kappa shape index (κ3) is 13.9. The highest BCUT2D eigenvalue weighted by molar-refractivity contribution is 6.65. The Morgan fingerprint density at radius 3 is 2.24 bits per heavy atom. The van der Waals surface area contributed by atoms with Gasteiger partial charge in [-0.3, -0.25) is 0 Å². The number of esters is 1. The topological polar surface area (TPSA) is 26.3 Å². The van der Waals surface area contributed by atoms with Gasteiger partial charge in [0.25, 0.3) is 0 Å². The van der Waals surface area contributed by atoms with E-state index in [2.05, 4.69) is 6.58 Å². The molecule has 0 bridgehead atoms. The summed E-state index contributed by atoms with van der Waals surface area (Å²) in [5, 5.41) is 0. The third-order valence-electron chi connectivity index (χ3n) is 2.42. The lowest BCUT2D eigenvalue weighted by atomic mass is 10.1. The molecule has 0 rings (SSSR count). The molecule has 0 spiro atoms. The van der Waals surface area contributed by atoms with Crippen LogP contribution in [0.1, 0.15) is 44.9 Å². The highest BCUT2D eigenvalue weighted by atomic mass is 35.5. The van der Waals surface area contributed by atoms with Gasteiger partial charge in [-0.05, 0) is 12.8 Å². The summed E-state index contributed by atoms with van der Waals surface area (Å²) in [5.41, 5.74) is 0. The predicted octanol–water partition coefficient (Wildman–Crippen LogP) is 2.94. The van der Waals surface area contributed by atoms with Crippen molar-refractivity contribution in [2.24, 2.45) is 0 Å². The fourth-order valence-electron chi connectivity index (χ4n) is 1.48. The number of rotatable bonds is 10. The van der Waals surface area contributed by atoms with E-state index in [4.69, 9.17) is 27.9 Å². The van der Waals surface area contributed by atoms with Crippen molar-refractivity contribution in [3.63, 3.8) is 0 Å². The third-order valence-corrected chi connectivity index (χ3v) is 3.30. The van der Waals surface area contributed by atoms with Gasteiger partial charge in [0.05, 0.1) is 10.6 Å². The molecule has 0 saturated carbocycles. The van der Waals surface area contributed by atoms with Crippen molar-refractivity contribution in [1.82, 2.24) is 0 Å². The van der Waals surface area contributed by atoms with Crippen LogP contribution >= 0.6 is 23.2 Å². The number of ether oxygens (including phenoxy) is 1. The van der Waals surface area contributed by atoms with Crippen molar-refractivity contribution in [2.75, 3.05) is 6.61 Å². The Kier molecular flexibility index (Phi) is 9.98. The average molecular weight is 297 g/mol. The van der Waals surface area contributed by atoms with Gasteiger partial charge in [-0.2, -0.15) is 0 Å². The Hall–Kier alpha value is 0.00688. The molecule has 0 amide bonds. The van der Waals surface area contributed by atoms with Gasteiger partial charge < -0.3 is 4.74 Å². The van der Waals surface area contributed by atoms with Gasteiger partial charge in [0.1, 0.15) is 0 Å². The summed E-state index contributed by atoms with van der Waals surface area (Å²) in [6.07, 6.45) is 8.76. The molecule has 5 heteroatoms. The quantitative estimate of drug-likeness (QED) is 0.204. The molecule has 0 fully saturated rings. The first kappa shape index (κ1) is 17.0. The van der Waals surface area contributed by atoms with E-state index >= 15 is 0 Å². The Labute approximate surface area is 117 Å². The molecule has 0 aliphatic heterocycles. The number of hydrogen-bond acceptors (Lipinski definition) is 2. The number of unbranched alkanes of at least 4 members (excludes halogenated alkanes) is 5. The first-order chi connectivity index (χ1) is 7.95. The highest BCUT2D eigenvalue weighted by Crippen LogP contribution is 2.23. The maximum absolute atomic E-state index is 10.7. The van der Waals surface area contributed by atoms with Gasteiger partial charge in [-0.1, -0.05) is 38.7 Å². The first-order valence-electron chi connectivity index (χ1n) is 6.13. The molecule has 0 saturated heterocycles. The Morgan fingerprint density at radius 2 is 1.71 bits per heavy atom. The van der Waals surface area contributed by atoms with Crippen molar-refractivity contribution in [3.05, 3.63) is 12.7 Å². The summed E-state index contributed by atoms with van der Waals surface area (Å²) in [4.78, 5) is 10.7. The van der Waals surface area contributed by atoms with E-state index in [1.807, 2.05) is 0 Å². The molecule has 0 unspecified atom stereocenters. The minimum atomic E-state index is -0.446. The van der Waals surface area contributed by atoms with E-state index in [0.717, 1.165) is 35.9 Å². The van der Waals surface area contributed by atoms with E-state index in [-0.39, 0.29) is 5.97 Å². The summed E-state index contributed by atoms with van der Waals surface area (Å²) in [5.74, 6) is -0.335. The van der Waals surface area contributed by atoms with Crippen molar-refractivity contribution in [3.8, 4) is 0 Å². The molecule has 0 N–H and O–H groups in total. The number of halogens is 2. The number of hydrogen-bond donors (Lipinski definition) is 0. The zero-order chi connectivity index (χ0) is 13.1. The van der Waals surface area contributed by atoms with Gasteiger partial charge in [-0.15, -0.1) is 23.2 Å². The van der Waals surface area contributed by atoms with Crippen LogP contribution < -0.4 is 0 Å². The Bertz CT molecular complexity index is 227. The summed E-state index contributed by atoms with van der Waals surface area (Å²) in [6.45, 7) is 3.83. The Balaban J connectivity index is 3.14. The summed E-state index contributed by atoms with van der Waals surface area (Å²) in [6, 6.07) is 0. The lowest BCUT2D eigenvalue weighted by Gasteiger charge is -2.12. The minimum Gasteiger partial charge on any atom is -0.463 e. The average Bonchev–Trinajstić information content (AvgIpc) is 2.25. The smallest absolute Gasteiger partial charge is 0.330 e. The molecule has 2 nitrogen and oxygen atoms in total. The van der Waals surface area contributed by atoms with Crippen LogP contribution in [0.15, 0.2) is 12.7 Å². The molecule has 0 atom stereocenters. The molecule has 0 aliphatic carbocycles. The zero-order valence-corrected chi connectivity index (χ0v) is 14.0. The van der Waals surface area contributed by atoms with Crippen LogP contribution in [0.25, 0.3) is 0 Å². The highest BCUT2D eigenvalue weighted by Gasteiger charge is 2.14. The minimum absolute atomic E-state index is 0.335. The van der Waals surface area contributed by atoms with Gasteiger partial charge in [0, 0.05) is 16.3 Å². The maximum atomic E-state index is 10.7. The molecular formula is C12H22Cl2O2Si. The van der Waals surface area contributed by atoms with Crippen molar-refractivity contribution in [1.29, 1.82) is 0 Å². The van der Waals surface area contributed by atoms with E-state index in [1.165, 1.54) is 25.3 Å². The van der Waals surface area contributed by atoms with Crippen LogP contribution in [-0.2, 0) is 9.53 Å². The normalized spacial score (nSPS) is 11.4. The molecule has 0 aromatic heterocycles. The number of alkyl halides is 2. The summed E-state index contributed by atoms with van der Waals surface area (Å²) < 4.78 is 4.43. The molecule has 0 aliphatic rings. The molecule has 0 radical (unpaired) electrons.